The number of anilines is 2. The van der Waals surface area contributed by atoms with Gasteiger partial charge in [0.15, 0.2) is 11.6 Å². The van der Waals surface area contributed by atoms with Gasteiger partial charge in [-0.05, 0) is 31.5 Å². The number of benzene rings is 1. The smallest absolute Gasteiger partial charge is 0.222 e. The lowest BCUT2D eigenvalue weighted by atomic mass is 10.2. The molecule has 1 aromatic heterocycles. The van der Waals surface area contributed by atoms with Gasteiger partial charge in [-0.3, -0.25) is 0 Å². The van der Waals surface area contributed by atoms with Crippen molar-refractivity contribution in [2.24, 2.45) is 0 Å². The molecule has 2 rings (SSSR count). The minimum absolute atomic E-state index is 0.213. The minimum Gasteiger partial charge on any atom is -0.491 e. The molecule has 2 aromatic rings. The molecule has 0 amide bonds. The zero-order chi connectivity index (χ0) is 14.5. The van der Waals surface area contributed by atoms with E-state index in [9.17, 15) is 4.39 Å². The molecule has 0 spiro atoms. The van der Waals surface area contributed by atoms with Gasteiger partial charge >= 0.3 is 0 Å². The molecule has 106 valence electrons. The Bertz CT molecular complexity index is 583. The van der Waals surface area contributed by atoms with Crippen LogP contribution in [0.4, 0.5) is 16.2 Å². The Kier molecular flexibility index (Phi) is 4.34. The lowest BCUT2D eigenvalue weighted by molar-refractivity contribution is 0.321. The molecule has 1 aromatic carbocycles. The lowest BCUT2D eigenvalue weighted by Gasteiger charge is -2.09. The van der Waals surface area contributed by atoms with Gasteiger partial charge in [-0.15, -0.1) is 0 Å². The first kappa shape index (κ1) is 14.0. The molecule has 5 nitrogen and oxygen atoms in total. The number of ether oxygens (including phenoxy) is 1. The van der Waals surface area contributed by atoms with E-state index in [0.717, 1.165) is 11.3 Å². The number of halogens is 1. The Morgan fingerprint density at radius 2 is 2.10 bits per heavy atom. The summed E-state index contributed by atoms with van der Waals surface area (Å²) < 4.78 is 18.8. The van der Waals surface area contributed by atoms with Crippen LogP contribution in [0.15, 0.2) is 24.3 Å². The number of nitrogen functional groups attached to an aromatic ring is 1. The number of hydrogen-bond acceptors (Lipinski definition) is 5. The second kappa shape index (κ2) is 6.18. The second-order valence-electron chi connectivity index (χ2n) is 4.30. The zero-order valence-corrected chi connectivity index (χ0v) is 11.5. The summed E-state index contributed by atoms with van der Waals surface area (Å²) in [6.45, 7) is 4.53. The molecule has 0 aliphatic rings. The van der Waals surface area contributed by atoms with Crippen molar-refractivity contribution in [2.75, 3.05) is 17.7 Å². The number of hydrogen-bond donors (Lipinski definition) is 2. The molecule has 0 aliphatic heterocycles. The quantitative estimate of drug-likeness (QED) is 0.877. The van der Waals surface area contributed by atoms with E-state index in [2.05, 4.69) is 15.3 Å². The van der Waals surface area contributed by atoms with E-state index in [0.29, 0.717) is 19.0 Å². The molecule has 1 heterocycles. The summed E-state index contributed by atoms with van der Waals surface area (Å²) in [5.41, 5.74) is 7.14. The number of nitrogens with two attached hydrogens (primary N) is 1. The molecule has 0 saturated carbocycles. The molecular formula is C14H17FN4O. The Labute approximate surface area is 117 Å². The summed E-state index contributed by atoms with van der Waals surface area (Å²) in [5.74, 6) is 0.720. The van der Waals surface area contributed by atoms with Gasteiger partial charge in [0.2, 0.25) is 5.95 Å². The van der Waals surface area contributed by atoms with Crippen molar-refractivity contribution < 1.29 is 9.13 Å². The number of nitrogens with zero attached hydrogens (tertiary/aromatic N) is 2. The fourth-order valence-corrected chi connectivity index (χ4v) is 1.80. The van der Waals surface area contributed by atoms with Crippen molar-refractivity contribution in [1.82, 2.24) is 9.97 Å². The highest BCUT2D eigenvalue weighted by atomic mass is 19.1. The number of rotatable bonds is 5. The van der Waals surface area contributed by atoms with E-state index in [1.807, 2.05) is 13.8 Å². The maximum absolute atomic E-state index is 13.7. The van der Waals surface area contributed by atoms with Crippen LogP contribution in [-0.4, -0.2) is 16.6 Å². The van der Waals surface area contributed by atoms with E-state index in [-0.39, 0.29) is 17.5 Å². The van der Waals surface area contributed by atoms with Gasteiger partial charge in [0.25, 0.3) is 0 Å². The van der Waals surface area contributed by atoms with E-state index in [4.69, 9.17) is 10.5 Å². The molecule has 20 heavy (non-hydrogen) atoms. The maximum Gasteiger partial charge on any atom is 0.222 e. The van der Waals surface area contributed by atoms with Gasteiger partial charge < -0.3 is 15.8 Å². The van der Waals surface area contributed by atoms with E-state index in [1.54, 1.807) is 18.2 Å². The third-order valence-electron chi connectivity index (χ3n) is 2.64. The molecular weight excluding hydrogens is 259 g/mol. The first-order valence-corrected chi connectivity index (χ1v) is 6.34. The topological polar surface area (TPSA) is 73.1 Å². The van der Waals surface area contributed by atoms with Crippen LogP contribution in [0.1, 0.15) is 18.2 Å². The first-order valence-electron chi connectivity index (χ1n) is 6.34. The highest BCUT2D eigenvalue weighted by Gasteiger charge is 2.05. The van der Waals surface area contributed by atoms with Crippen molar-refractivity contribution in [3.8, 4) is 5.75 Å². The van der Waals surface area contributed by atoms with Crippen molar-refractivity contribution in [3.05, 3.63) is 41.3 Å². The fraction of sp³-hybridized carbons (Fsp3) is 0.286. The average molecular weight is 276 g/mol. The van der Waals surface area contributed by atoms with Crippen LogP contribution in [-0.2, 0) is 6.54 Å². The Balaban J connectivity index is 2.05. The summed E-state index contributed by atoms with van der Waals surface area (Å²) in [7, 11) is 0. The first-order chi connectivity index (χ1) is 9.58. The third kappa shape index (κ3) is 3.57. The molecule has 6 heteroatoms. The van der Waals surface area contributed by atoms with E-state index in [1.165, 1.54) is 6.07 Å². The molecule has 0 unspecified atom stereocenters. The van der Waals surface area contributed by atoms with Crippen molar-refractivity contribution in [3.63, 3.8) is 0 Å². The van der Waals surface area contributed by atoms with Gasteiger partial charge in [-0.1, -0.05) is 6.07 Å². The van der Waals surface area contributed by atoms with Crippen LogP contribution in [0.3, 0.4) is 0 Å². The van der Waals surface area contributed by atoms with E-state index >= 15 is 0 Å². The predicted octanol–water partition coefficient (Wildman–Crippen LogP) is 2.52. The molecule has 0 fully saturated rings. The number of aromatic nitrogens is 2. The van der Waals surface area contributed by atoms with Crippen LogP contribution in [0.2, 0.25) is 0 Å². The average Bonchev–Trinajstić information content (AvgIpc) is 2.38. The number of nitrogens with one attached hydrogen (secondary N) is 1. The van der Waals surface area contributed by atoms with Crippen LogP contribution in [0.25, 0.3) is 0 Å². The lowest BCUT2D eigenvalue weighted by Crippen LogP contribution is -2.05. The Hall–Kier alpha value is -2.37. The molecule has 3 N–H and O–H groups in total. The Morgan fingerprint density at radius 1 is 1.30 bits per heavy atom. The third-order valence-corrected chi connectivity index (χ3v) is 2.64. The fourth-order valence-electron chi connectivity index (χ4n) is 1.80. The predicted molar refractivity (Wildman–Crippen MR) is 76.1 cm³/mol. The van der Waals surface area contributed by atoms with Crippen LogP contribution in [0, 0.1) is 12.7 Å². The molecule has 0 aliphatic carbocycles. The maximum atomic E-state index is 13.7. The number of aryl methyl sites for hydroxylation is 1. The molecule has 0 atom stereocenters. The highest BCUT2D eigenvalue weighted by molar-refractivity contribution is 5.41. The van der Waals surface area contributed by atoms with Crippen molar-refractivity contribution >= 4 is 11.8 Å². The van der Waals surface area contributed by atoms with E-state index < -0.39 is 0 Å². The van der Waals surface area contributed by atoms with Crippen LogP contribution < -0.4 is 15.8 Å². The highest BCUT2D eigenvalue weighted by Crippen LogP contribution is 2.19. The van der Waals surface area contributed by atoms with Gasteiger partial charge in [0.1, 0.15) is 5.82 Å². The van der Waals surface area contributed by atoms with Crippen LogP contribution >= 0.6 is 0 Å². The van der Waals surface area contributed by atoms with Gasteiger partial charge in [0.05, 0.1) is 6.61 Å². The Morgan fingerprint density at radius 3 is 2.75 bits per heavy atom. The van der Waals surface area contributed by atoms with Crippen molar-refractivity contribution in [1.29, 1.82) is 0 Å². The largest absolute Gasteiger partial charge is 0.491 e. The van der Waals surface area contributed by atoms with Crippen molar-refractivity contribution in [2.45, 2.75) is 20.4 Å². The minimum atomic E-state index is -0.371. The van der Waals surface area contributed by atoms with Gasteiger partial charge in [-0.2, -0.15) is 4.98 Å². The summed E-state index contributed by atoms with van der Waals surface area (Å²) in [4.78, 5) is 8.04. The normalized spacial score (nSPS) is 10.3. The summed E-state index contributed by atoms with van der Waals surface area (Å²) in [6.07, 6.45) is 0. The zero-order valence-electron chi connectivity index (χ0n) is 11.5. The summed E-state index contributed by atoms with van der Waals surface area (Å²) in [5, 5.41) is 3.08. The summed E-state index contributed by atoms with van der Waals surface area (Å²) >= 11 is 0. The second-order valence-corrected chi connectivity index (χ2v) is 4.30. The van der Waals surface area contributed by atoms with Gasteiger partial charge in [0, 0.05) is 18.3 Å². The summed E-state index contributed by atoms with van der Waals surface area (Å²) in [6, 6.07) is 6.64. The van der Waals surface area contributed by atoms with Gasteiger partial charge in [-0.25, -0.2) is 9.37 Å². The molecule has 0 bridgehead atoms. The standard InChI is InChI=1S/C14H17FN4O/c1-3-20-12-5-4-10(7-11(12)15)8-17-13-6-9(2)18-14(16)19-13/h4-7H,3,8H2,1-2H3,(H3,16,17,18,19). The monoisotopic (exact) mass is 276 g/mol. The molecule has 0 radical (unpaired) electrons. The van der Waals surface area contributed by atoms with Crippen LogP contribution in [0.5, 0.6) is 5.75 Å². The molecule has 0 saturated heterocycles. The SMILES string of the molecule is CCOc1ccc(CNc2cc(C)nc(N)n2)cc1F.